The van der Waals surface area contributed by atoms with Crippen molar-refractivity contribution < 1.29 is 22.0 Å². The van der Waals surface area contributed by atoms with Gasteiger partial charge in [0.25, 0.3) is 0 Å². The molecule has 136 valence electrons. The highest BCUT2D eigenvalue weighted by Crippen LogP contribution is 2.43. The predicted octanol–water partition coefficient (Wildman–Crippen LogP) is 7.11. The van der Waals surface area contributed by atoms with Crippen molar-refractivity contribution in [2.45, 2.75) is 57.0 Å². The smallest absolute Gasteiger partial charge is 0.211 e. The molecule has 1 atom stereocenters. The lowest BCUT2D eigenvalue weighted by Gasteiger charge is -2.27. The molecule has 2 aliphatic rings. The van der Waals surface area contributed by atoms with E-state index in [0.717, 1.165) is 24.8 Å². The molecular weight excluding hydrogens is 335 g/mol. The van der Waals surface area contributed by atoms with Crippen molar-refractivity contribution in [2.75, 3.05) is 0 Å². The highest BCUT2D eigenvalue weighted by molar-refractivity contribution is 5.41. The Morgan fingerprint density at radius 3 is 1.96 bits per heavy atom. The van der Waals surface area contributed by atoms with Crippen LogP contribution in [0.1, 0.15) is 62.0 Å². The minimum absolute atomic E-state index is 0.456. The Morgan fingerprint density at radius 1 is 0.880 bits per heavy atom. The Morgan fingerprint density at radius 2 is 1.44 bits per heavy atom. The van der Waals surface area contributed by atoms with Gasteiger partial charge in [0.1, 0.15) is 17.2 Å². The maximum absolute atomic E-state index is 13.8. The summed E-state index contributed by atoms with van der Waals surface area (Å²) in [5, 5.41) is 0. The number of hydrogen-bond acceptors (Lipinski definition) is 0. The molecule has 0 amide bonds. The van der Waals surface area contributed by atoms with E-state index in [-0.39, 0.29) is 0 Å². The molecule has 1 saturated carbocycles. The van der Waals surface area contributed by atoms with Gasteiger partial charge in [-0.2, -0.15) is 13.2 Å². The van der Waals surface area contributed by atoms with Gasteiger partial charge in [-0.05, 0) is 41.9 Å². The molecule has 5 heteroatoms. The normalized spacial score (nSPS) is 28.1. The van der Waals surface area contributed by atoms with Crippen molar-refractivity contribution in [3.05, 3.63) is 58.7 Å². The molecule has 1 aromatic rings. The van der Waals surface area contributed by atoms with Crippen LogP contribution in [0.4, 0.5) is 22.0 Å². The summed E-state index contributed by atoms with van der Waals surface area (Å²) >= 11 is 0. The second-order valence-corrected chi connectivity index (χ2v) is 7.23. The van der Waals surface area contributed by atoms with Crippen molar-refractivity contribution in [2.24, 2.45) is 5.92 Å². The van der Waals surface area contributed by atoms with Gasteiger partial charge in [-0.15, -0.1) is 0 Å². The number of benzene rings is 1. The van der Waals surface area contributed by atoms with Gasteiger partial charge in [0.2, 0.25) is 0 Å². The summed E-state index contributed by atoms with van der Waals surface area (Å²) in [7, 11) is 0. The fourth-order valence-electron chi connectivity index (χ4n) is 3.86. The van der Waals surface area contributed by atoms with Crippen LogP contribution in [0.15, 0.2) is 47.6 Å². The van der Waals surface area contributed by atoms with Crippen LogP contribution in [-0.4, -0.2) is 6.18 Å². The molecule has 0 heterocycles. The van der Waals surface area contributed by atoms with Gasteiger partial charge in [-0.1, -0.05) is 44.0 Å². The van der Waals surface area contributed by atoms with Crippen LogP contribution in [0.2, 0.25) is 0 Å². The van der Waals surface area contributed by atoms with Crippen molar-refractivity contribution in [1.82, 2.24) is 0 Å². The van der Waals surface area contributed by atoms with Gasteiger partial charge < -0.3 is 0 Å². The van der Waals surface area contributed by atoms with Crippen LogP contribution >= 0.6 is 0 Å². The third-order valence-electron chi connectivity index (χ3n) is 5.39. The largest absolute Gasteiger partial charge is 0.421 e. The molecule has 0 radical (unpaired) electrons. The molecule has 0 spiro atoms. The molecule has 1 aromatic carbocycles. The summed E-state index contributed by atoms with van der Waals surface area (Å²) in [6.45, 7) is 2.25. The Hall–Kier alpha value is -1.65. The topological polar surface area (TPSA) is 0 Å². The number of alkyl halides is 3. The first-order valence-electron chi connectivity index (χ1n) is 8.69. The standard InChI is InChI=1S/C20H21F5/c1-12-2-4-13(5-3-12)14-6-8-15(9-7-14)16-10-17(21)19(18(22)11-16)20(23,24)25/h6-10,12-13,16H,2-5,11H2,1H3. The van der Waals surface area contributed by atoms with Gasteiger partial charge in [0.05, 0.1) is 0 Å². The van der Waals surface area contributed by atoms with Crippen LogP contribution < -0.4 is 0 Å². The molecule has 1 unspecified atom stereocenters. The first-order chi connectivity index (χ1) is 11.8. The number of halogens is 5. The molecule has 25 heavy (non-hydrogen) atoms. The maximum atomic E-state index is 13.8. The van der Waals surface area contributed by atoms with Crippen LogP contribution in [-0.2, 0) is 0 Å². The molecule has 0 bridgehead atoms. The van der Waals surface area contributed by atoms with Crippen molar-refractivity contribution in [3.8, 4) is 0 Å². The van der Waals surface area contributed by atoms with Crippen molar-refractivity contribution in [3.63, 3.8) is 0 Å². The first-order valence-corrected chi connectivity index (χ1v) is 8.69. The Labute approximate surface area is 144 Å². The van der Waals surface area contributed by atoms with E-state index < -0.39 is 35.7 Å². The van der Waals surface area contributed by atoms with Gasteiger partial charge in [-0.25, -0.2) is 8.78 Å². The highest BCUT2D eigenvalue weighted by atomic mass is 19.4. The first kappa shape index (κ1) is 18.2. The Bertz CT molecular complexity index is 673. The predicted molar refractivity (Wildman–Crippen MR) is 87.6 cm³/mol. The van der Waals surface area contributed by atoms with Crippen LogP contribution in [0.3, 0.4) is 0 Å². The lowest BCUT2D eigenvalue weighted by molar-refractivity contribution is -0.0935. The van der Waals surface area contributed by atoms with E-state index in [0.29, 0.717) is 11.5 Å². The number of allylic oxidation sites excluding steroid dienone is 4. The molecule has 0 nitrogen and oxygen atoms in total. The van der Waals surface area contributed by atoms with Gasteiger partial charge in [0, 0.05) is 12.3 Å². The van der Waals surface area contributed by atoms with E-state index in [4.69, 9.17) is 0 Å². The van der Waals surface area contributed by atoms with E-state index in [2.05, 4.69) is 6.92 Å². The molecule has 0 N–H and O–H groups in total. The zero-order chi connectivity index (χ0) is 18.2. The maximum Gasteiger partial charge on any atom is 0.421 e. The van der Waals surface area contributed by atoms with Crippen LogP contribution in [0, 0.1) is 5.92 Å². The summed E-state index contributed by atoms with van der Waals surface area (Å²) in [6.07, 6.45) is 0.0668. The second kappa shape index (κ2) is 6.93. The van der Waals surface area contributed by atoms with E-state index in [9.17, 15) is 22.0 Å². The molecule has 1 fully saturated rings. The van der Waals surface area contributed by atoms with Crippen molar-refractivity contribution >= 4 is 0 Å². The summed E-state index contributed by atoms with van der Waals surface area (Å²) < 4.78 is 65.6. The second-order valence-electron chi connectivity index (χ2n) is 7.23. The average Bonchev–Trinajstić information content (AvgIpc) is 2.54. The van der Waals surface area contributed by atoms with Gasteiger partial charge >= 0.3 is 6.18 Å². The molecule has 3 rings (SSSR count). The Kier molecular flexibility index (Phi) is 5.03. The van der Waals surface area contributed by atoms with Crippen molar-refractivity contribution in [1.29, 1.82) is 0 Å². The number of hydrogen-bond donors (Lipinski definition) is 0. The van der Waals surface area contributed by atoms with E-state index in [1.807, 2.05) is 12.1 Å². The Balaban J connectivity index is 1.75. The molecule has 0 saturated heterocycles. The fraction of sp³-hybridized carbons (Fsp3) is 0.500. The SMILES string of the molecule is CC1CCC(c2ccc(C3C=C(F)C(C(F)(F)F)=C(F)C3)cc2)CC1. The van der Waals surface area contributed by atoms with Gasteiger partial charge in [0.15, 0.2) is 0 Å². The third kappa shape index (κ3) is 3.96. The lowest BCUT2D eigenvalue weighted by atomic mass is 9.79. The van der Waals surface area contributed by atoms with E-state index in [1.54, 1.807) is 12.1 Å². The molecular formula is C20H21F5. The summed E-state index contributed by atoms with van der Waals surface area (Å²) in [6, 6.07) is 7.46. The molecule has 2 aliphatic carbocycles. The third-order valence-corrected chi connectivity index (χ3v) is 5.39. The zero-order valence-corrected chi connectivity index (χ0v) is 14.0. The minimum Gasteiger partial charge on any atom is -0.211 e. The molecule has 0 aromatic heterocycles. The van der Waals surface area contributed by atoms with Gasteiger partial charge in [-0.3, -0.25) is 0 Å². The monoisotopic (exact) mass is 356 g/mol. The minimum atomic E-state index is -5.00. The number of rotatable bonds is 2. The summed E-state index contributed by atoms with van der Waals surface area (Å²) in [5.74, 6) is -2.40. The fourth-order valence-corrected chi connectivity index (χ4v) is 3.86. The molecule has 0 aliphatic heterocycles. The lowest BCUT2D eigenvalue weighted by Crippen LogP contribution is -2.18. The van der Waals surface area contributed by atoms with Crippen LogP contribution in [0.25, 0.3) is 0 Å². The quantitative estimate of drug-likeness (QED) is 0.496. The highest BCUT2D eigenvalue weighted by Gasteiger charge is 2.42. The summed E-state index contributed by atoms with van der Waals surface area (Å²) in [4.78, 5) is 0. The zero-order valence-electron chi connectivity index (χ0n) is 14.0. The van der Waals surface area contributed by atoms with Crippen LogP contribution in [0.5, 0.6) is 0 Å². The van der Waals surface area contributed by atoms with E-state index in [1.165, 1.54) is 18.4 Å². The summed E-state index contributed by atoms with van der Waals surface area (Å²) in [5.41, 5.74) is 0.0686. The van der Waals surface area contributed by atoms with E-state index >= 15 is 0 Å². The average molecular weight is 356 g/mol.